The van der Waals surface area contributed by atoms with Gasteiger partial charge in [-0.1, -0.05) is 17.7 Å². The van der Waals surface area contributed by atoms with Gasteiger partial charge in [-0.3, -0.25) is 4.40 Å². The van der Waals surface area contributed by atoms with Crippen molar-refractivity contribution < 1.29 is 21.6 Å². The van der Waals surface area contributed by atoms with Crippen LogP contribution >= 0.6 is 11.6 Å². The van der Waals surface area contributed by atoms with Gasteiger partial charge in [0.1, 0.15) is 4.90 Å². The van der Waals surface area contributed by atoms with Gasteiger partial charge in [-0.05, 0) is 43.2 Å². The molecule has 1 fully saturated rings. The molecule has 28 heavy (non-hydrogen) atoms. The number of sulfonamides is 1. The molecule has 4 rings (SSSR count). The Labute approximate surface area is 163 Å². The quantitative estimate of drug-likeness (QED) is 0.631. The summed E-state index contributed by atoms with van der Waals surface area (Å²) < 4.78 is 68.4. The van der Waals surface area contributed by atoms with Gasteiger partial charge in [0, 0.05) is 12.7 Å². The minimum atomic E-state index is -4.68. The van der Waals surface area contributed by atoms with Gasteiger partial charge in [-0.25, -0.2) is 8.42 Å². The molecule has 3 heterocycles. The number of halogens is 4. The standard InChI is InChI=1S/C17H14ClF3N4O2S/c18-12-7-6-11(17(19,20)21)10-14(12)28(26,27)25-9-3-4-13(25)16-23-22-15-5-1-2-8-24(15)16/h1-2,5-8,10,13H,3-4,9H2/t13-/m0/s1. The summed E-state index contributed by atoms with van der Waals surface area (Å²) in [6.07, 6.45) is -1.94. The Balaban J connectivity index is 1.79. The summed E-state index contributed by atoms with van der Waals surface area (Å²) >= 11 is 5.97. The highest BCUT2D eigenvalue weighted by Crippen LogP contribution is 2.39. The first-order valence-electron chi connectivity index (χ1n) is 8.38. The maximum atomic E-state index is 13.2. The van der Waals surface area contributed by atoms with Crippen LogP contribution < -0.4 is 0 Å². The molecular weight excluding hydrogens is 417 g/mol. The average Bonchev–Trinajstić information content (AvgIpc) is 3.27. The number of fused-ring (bicyclic) bond motifs is 1. The van der Waals surface area contributed by atoms with E-state index in [1.807, 2.05) is 0 Å². The first kappa shape index (κ1) is 19.2. The molecule has 0 saturated carbocycles. The molecule has 0 amide bonds. The Morgan fingerprint density at radius 1 is 1.14 bits per heavy atom. The van der Waals surface area contributed by atoms with Crippen molar-refractivity contribution in [1.82, 2.24) is 18.9 Å². The molecule has 0 bridgehead atoms. The van der Waals surface area contributed by atoms with Gasteiger partial charge < -0.3 is 0 Å². The molecule has 0 unspecified atom stereocenters. The Morgan fingerprint density at radius 2 is 1.93 bits per heavy atom. The van der Waals surface area contributed by atoms with E-state index in [0.717, 1.165) is 16.4 Å². The molecule has 0 spiro atoms. The lowest BCUT2D eigenvalue weighted by Gasteiger charge is -2.24. The molecule has 1 atom stereocenters. The number of aromatic nitrogens is 3. The molecule has 0 radical (unpaired) electrons. The largest absolute Gasteiger partial charge is 0.416 e. The fourth-order valence-corrected chi connectivity index (χ4v) is 5.53. The number of alkyl halides is 3. The molecule has 1 aliphatic rings. The van der Waals surface area contributed by atoms with Crippen LogP contribution in [0.4, 0.5) is 13.2 Å². The third-order valence-electron chi connectivity index (χ3n) is 4.69. The van der Waals surface area contributed by atoms with Crippen LogP contribution in [0.3, 0.4) is 0 Å². The lowest BCUT2D eigenvalue weighted by atomic mass is 10.2. The first-order chi connectivity index (χ1) is 13.2. The summed E-state index contributed by atoms with van der Waals surface area (Å²) in [5.41, 5.74) is -0.516. The highest BCUT2D eigenvalue weighted by Gasteiger charge is 2.41. The van der Waals surface area contributed by atoms with Crippen molar-refractivity contribution in [3.63, 3.8) is 0 Å². The Bertz CT molecular complexity index is 1150. The number of nitrogens with zero attached hydrogens (tertiary/aromatic N) is 4. The molecule has 1 aromatic carbocycles. The van der Waals surface area contributed by atoms with Crippen molar-refractivity contribution >= 4 is 27.3 Å². The van der Waals surface area contributed by atoms with Gasteiger partial charge in [0.15, 0.2) is 11.5 Å². The number of rotatable bonds is 3. The van der Waals surface area contributed by atoms with E-state index in [1.54, 1.807) is 28.8 Å². The Kier molecular flexibility index (Phi) is 4.59. The summed E-state index contributed by atoms with van der Waals surface area (Å²) in [5.74, 6) is 0.416. The average molecular weight is 431 g/mol. The van der Waals surface area contributed by atoms with Crippen molar-refractivity contribution in [3.05, 3.63) is 59.0 Å². The van der Waals surface area contributed by atoms with Crippen LogP contribution in [0.2, 0.25) is 5.02 Å². The van der Waals surface area contributed by atoms with E-state index in [0.29, 0.717) is 30.4 Å². The summed E-state index contributed by atoms with van der Waals surface area (Å²) in [6, 6.07) is 6.91. The van der Waals surface area contributed by atoms with E-state index < -0.39 is 32.7 Å². The van der Waals surface area contributed by atoms with E-state index in [-0.39, 0.29) is 11.6 Å². The number of benzene rings is 1. The minimum absolute atomic E-state index is 0.154. The van der Waals surface area contributed by atoms with Gasteiger partial charge in [-0.15, -0.1) is 10.2 Å². The summed E-state index contributed by atoms with van der Waals surface area (Å²) in [4.78, 5) is -0.565. The minimum Gasteiger partial charge on any atom is -0.285 e. The highest BCUT2D eigenvalue weighted by atomic mass is 35.5. The Morgan fingerprint density at radius 3 is 2.68 bits per heavy atom. The van der Waals surface area contributed by atoms with Crippen LogP contribution in [0.1, 0.15) is 30.3 Å². The van der Waals surface area contributed by atoms with E-state index in [1.165, 1.54) is 0 Å². The van der Waals surface area contributed by atoms with Crippen LogP contribution in [0.5, 0.6) is 0 Å². The van der Waals surface area contributed by atoms with Crippen molar-refractivity contribution in [2.45, 2.75) is 30.0 Å². The zero-order chi connectivity index (χ0) is 20.1. The van der Waals surface area contributed by atoms with E-state index in [9.17, 15) is 21.6 Å². The lowest BCUT2D eigenvalue weighted by Crippen LogP contribution is -2.32. The first-order valence-corrected chi connectivity index (χ1v) is 10.2. The van der Waals surface area contributed by atoms with Gasteiger partial charge >= 0.3 is 6.18 Å². The lowest BCUT2D eigenvalue weighted by molar-refractivity contribution is -0.137. The fourth-order valence-electron chi connectivity index (χ4n) is 3.38. The summed E-state index contributed by atoms with van der Waals surface area (Å²) in [5, 5.41) is 7.88. The second-order valence-corrected chi connectivity index (χ2v) is 8.67. The monoisotopic (exact) mass is 430 g/mol. The normalized spacial score (nSPS) is 18.8. The molecule has 1 saturated heterocycles. The third-order valence-corrected chi connectivity index (χ3v) is 7.08. The SMILES string of the molecule is O=S(=O)(c1cc(C(F)(F)F)ccc1Cl)N1CCC[C@H]1c1nnc2ccccn12. The molecule has 3 aromatic rings. The molecule has 1 aliphatic heterocycles. The smallest absolute Gasteiger partial charge is 0.285 e. The van der Waals surface area contributed by atoms with Gasteiger partial charge in [0.05, 0.1) is 16.6 Å². The zero-order valence-electron chi connectivity index (χ0n) is 14.3. The molecule has 148 valence electrons. The van der Waals surface area contributed by atoms with E-state index in [2.05, 4.69) is 10.2 Å². The predicted molar refractivity (Wildman–Crippen MR) is 95.3 cm³/mol. The topological polar surface area (TPSA) is 67.6 Å². The molecule has 0 N–H and O–H groups in total. The van der Waals surface area contributed by atoms with Crippen LogP contribution in [-0.4, -0.2) is 33.9 Å². The van der Waals surface area contributed by atoms with E-state index in [4.69, 9.17) is 11.6 Å². The maximum Gasteiger partial charge on any atom is 0.416 e. The maximum absolute atomic E-state index is 13.2. The van der Waals surface area contributed by atoms with Crippen LogP contribution in [0, 0.1) is 0 Å². The van der Waals surface area contributed by atoms with Gasteiger partial charge in [0.2, 0.25) is 10.0 Å². The second kappa shape index (κ2) is 6.71. The molecule has 0 aliphatic carbocycles. The fraction of sp³-hybridized carbons (Fsp3) is 0.294. The van der Waals surface area contributed by atoms with Crippen LogP contribution in [0.15, 0.2) is 47.5 Å². The summed E-state index contributed by atoms with van der Waals surface area (Å²) in [6.45, 7) is 0.154. The number of pyridine rings is 1. The van der Waals surface area contributed by atoms with Crippen LogP contribution in [0.25, 0.3) is 5.65 Å². The molecule has 6 nitrogen and oxygen atoms in total. The Hall–Kier alpha value is -2.17. The number of hydrogen-bond acceptors (Lipinski definition) is 4. The second-order valence-electron chi connectivity index (χ2n) is 6.40. The predicted octanol–water partition coefficient (Wildman–Crippen LogP) is 3.93. The van der Waals surface area contributed by atoms with E-state index >= 15 is 0 Å². The zero-order valence-corrected chi connectivity index (χ0v) is 15.8. The van der Waals surface area contributed by atoms with Gasteiger partial charge in [0.25, 0.3) is 0 Å². The third kappa shape index (κ3) is 3.15. The molecule has 2 aromatic heterocycles. The number of hydrogen-bond donors (Lipinski definition) is 0. The van der Waals surface area contributed by atoms with Crippen molar-refractivity contribution in [1.29, 1.82) is 0 Å². The van der Waals surface area contributed by atoms with Crippen LogP contribution in [-0.2, 0) is 16.2 Å². The van der Waals surface area contributed by atoms with Crippen molar-refractivity contribution in [3.8, 4) is 0 Å². The molecular formula is C17H14ClF3N4O2S. The molecule has 11 heteroatoms. The van der Waals surface area contributed by atoms with Crippen molar-refractivity contribution in [2.75, 3.05) is 6.54 Å². The van der Waals surface area contributed by atoms with Gasteiger partial charge in [-0.2, -0.15) is 17.5 Å². The highest BCUT2D eigenvalue weighted by molar-refractivity contribution is 7.89. The van der Waals surface area contributed by atoms with Crippen molar-refractivity contribution in [2.24, 2.45) is 0 Å². The summed E-state index contributed by atoms with van der Waals surface area (Å²) in [7, 11) is -4.28.